The fourth-order valence-electron chi connectivity index (χ4n) is 3.26. The highest BCUT2D eigenvalue weighted by Gasteiger charge is 2.23. The predicted molar refractivity (Wildman–Crippen MR) is 83.7 cm³/mol. The number of nitrogen functional groups attached to an aromatic ring is 1. The van der Waals surface area contributed by atoms with Crippen LogP contribution in [0.15, 0.2) is 18.2 Å². The lowest BCUT2D eigenvalue weighted by Crippen LogP contribution is -2.38. The summed E-state index contributed by atoms with van der Waals surface area (Å²) in [4.78, 5) is 12.4. The van der Waals surface area contributed by atoms with Gasteiger partial charge in [-0.3, -0.25) is 4.79 Å². The minimum atomic E-state index is -0.0143. The number of benzene rings is 1. The van der Waals surface area contributed by atoms with Crippen molar-refractivity contribution in [3.63, 3.8) is 0 Å². The average Bonchev–Trinajstić information content (AvgIpc) is 2.41. The van der Waals surface area contributed by atoms with E-state index in [2.05, 4.69) is 12.2 Å². The molecule has 1 aliphatic rings. The maximum atomic E-state index is 12.4. The Morgan fingerprint density at radius 3 is 2.60 bits per heavy atom. The zero-order chi connectivity index (χ0) is 14.5. The first-order chi connectivity index (χ1) is 9.61. The number of hydrogen-bond donors (Lipinski definition) is 2. The summed E-state index contributed by atoms with van der Waals surface area (Å²) >= 11 is 0. The summed E-state index contributed by atoms with van der Waals surface area (Å²) in [5.74, 6) is 0.844. The van der Waals surface area contributed by atoms with Crippen LogP contribution in [0.25, 0.3) is 0 Å². The first kappa shape index (κ1) is 14.9. The summed E-state index contributed by atoms with van der Waals surface area (Å²) in [6.45, 7) is 4.18. The quantitative estimate of drug-likeness (QED) is 0.823. The molecule has 1 saturated carbocycles. The van der Waals surface area contributed by atoms with E-state index in [4.69, 9.17) is 5.73 Å². The lowest BCUT2D eigenvalue weighted by Gasteiger charge is -2.29. The molecule has 0 unspecified atom stereocenters. The van der Waals surface area contributed by atoms with Crippen molar-refractivity contribution in [2.24, 2.45) is 5.92 Å². The molecule has 1 aromatic rings. The Kier molecular flexibility index (Phi) is 5.05. The standard InChI is InChI=1S/C17H26N2O/c1-3-5-13-8-10-14(11-9-13)19-17(20)16-12(2)6-4-7-15(16)18/h4,6-7,13-14H,3,5,8-11,18H2,1-2H3,(H,19,20). The van der Waals surface area contributed by atoms with Crippen LogP contribution in [-0.4, -0.2) is 11.9 Å². The van der Waals surface area contributed by atoms with Gasteiger partial charge in [0.25, 0.3) is 5.91 Å². The van der Waals surface area contributed by atoms with Crippen LogP contribution in [0, 0.1) is 12.8 Å². The number of aryl methyl sites for hydroxylation is 1. The Bertz CT molecular complexity index is 442. The topological polar surface area (TPSA) is 55.1 Å². The van der Waals surface area contributed by atoms with E-state index >= 15 is 0 Å². The lowest BCUT2D eigenvalue weighted by atomic mass is 9.83. The van der Waals surface area contributed by atoms with Gasteiger partial charge in [0.15, 0.2) is 0 Å². The van der Waals surface area contributed by atoms with Gasteiger partial charge in [0.1, 0.15) is 0 Å². The smallest absolute Gasteiger partial charge is 0.253 e. The van der Waals surface area contributed by atoms with E-state index in [1.807, 2.05) is 19.1 Å². The van der Waals surface area contributed by atoms with Gasteiger partial charge in [0.2, 0.25) is 0 Å². The van der Waals surface area contributed by atoms with Gasteiger partial charge >= 0.3 is 0 Å². The zero-order valence-electron chi connectivity index (χ0n) is 12.6. The minimum absolute atomic E-state index is 0.0143. The number of carbonyl (C=O) groups is 1. The van der Waals surface area contributed by atoms with Crippen molar-refractivity contribution in [3.8, 4) is 0 Å². The van der Waals surface area contributed by atoms with Gasteiger partial charge in [-0.2, -0.15) is 0 Å². The number of anilines is 1. The molecular weight excluding hydrogens is 248 g/mol. The molecule has 0 heterocycles. The first-order valence-corrected chi connectivity index (χ1v) is 7.77. The van der Waals surface area contributed by atoms with E-state index in [1.54, 1.807) is 6.07 Å². The molecule has 20 heavy (non-hydrogen) atoms. The highest BCUT2D eigenvalue weighted by Crippen LogP contribution is 2.28. The van der Waals surface area contributed by atoms with Crippen molar-refractivity contribution >= 4 is 11.6 Å². The molecule has 3 heteroatoms. The van der Waals surface area contributed by atoms with E-state index in [1.165, 1.54) is 25.7 Å². The molecule has 1 aromatic carbocycles. The molecule has 0 saturated heterocycles. The second-order valence-corrected chi connectivity index (χ2v) is 6.02. The van der Waals surface area contributed by atoms with Gasteiger partial charge in [-0.1, -0.05) is 31.9 Å². The fraction of sp³-hybridized carbons (Fsp3) is 0.588. The molecule has 1 aliphatic carbocycles. The second-order valence-electron chi connectivity index (χ2n) is 6.02. The van der Waals surface area contributed by atoms with E-state index < -0.39 is 0 Å². The highest BCUT2D eigenvalue weighted by molar-refractivity contribution is 6.00. The van der Waals surface area contributed by atoms with Crippen LogP contribution in [0.2, 0.25) is 0 Å². The molecule has 1 amide bonds. The fourth-order valence-corrected chi connectivity index (χ4v) is 3.26. The molecule has 0 atom stereocenters. The van der Waals surface area contributed by atoms with Crippen LogP contribution in [0.4, 0.5) is 5.69 Å². The van der Waals surface area contributed by atoms with Crippen LogP contribution in [0.1, 0.15) is 61.4 Å². The number of carbonyl (C=O) groups excluding carboxylic acids is 1. The molecule has 3 nitrogen and oxygen atoms in total. The van der Waals surface area contributed by atoms with Crippen LogP contribution in [0.3, 0.4) is 0 Å². The molecule has 1 fully saturated rings. The van der Waals surface area contributed by atoms with Gasteiger partial charge in [-0.05, 0) is 50.2 Å². The van der Waals surface area contributed by atoms with Crippen LogP contribution in [-0.2, 0) is 0 Å². The van der Waals surface area contributed by atoms with Gasteiger partial charge in [0.05, 0.1) is 5.56 Å². The van der Waals surface area contributed by atoms with E-state index in [0.717, 1.165) is 24.3 Å². The third kappa shape index (κ3) is 3.53. The summed E-state index contributed by atoms with van der Waals surface area (Å²) < 4.78 is 0. The van der Waals surface area contributed by atoms with E-state index in [9.17, 15) is 4.79 Å². The number of nitrogens with one attached hydrogen (secondary N) is 1. The van der Waals surface area contributed by atoms with Crippen molar-refractivity contribution < 1.29 is 4.79 Å². The molecule has 0 aromatic heterocycles. The largest absolute Gasteiger partial charge is 0.398 e. The van der Waals surface area contributed by atoms with E-state index in [-0.39, 0.29) is 5.91 Å². The van der Waals surface area contributed by atoms with Crippen LogP contribution >= 0.6 is 0 Å². The average molecular weight is 274 g/mol. The molecule has 0 aliphatic heterocycles. The lowest BCUT2D eigenvalue weighted by molar-refractivity contribution is 0.0921. The van der Waals surface area contributed by atoms with Crippen molar-refractivity contribution in [1.29, 1.82) is 0 Å². The first-order valence-electron chi connectivity index (χ1n) is 7.77. The number of nitrogens with two attached hydrogens (primary N) is 1. The van der Waals surface area contributed by atoms with Gasteiger partial charge < -0.3 is 11.1 Å². The molecule has 0 bridgehead atoms. The Hall–Kier alpha value is -1.51. The molecular formula is C17H26N2O. The Morgan fingerprint density at radius 2 is 2.00 bits per heavy atom. The summed E-state index contributed by atoms with van der Waals surface area (Å²) in [5.41, 5.74) is 8.09. The molecule has 0 radical (unpaired) electrons. The molecule has 2 rings (SSSR count). The summed E-state index contributed by atoms with van der Waals surface area (Å²) in [5, 5.41) is 3.16. The van der Waals surface area contributed by atoms with Crippen molar-refractivity contribution in [3.05, 3.63) is 29.3 Å². The highest BCUT2D eigenvalue weighted by atomic mass is 16.1. The summed E-state index contributed by atoms with van der Waals surface area (Å²) in [6.07, 6.45) is 7.27. The summed E-state index contributed by atoms with van der Waals surface area (Å²) in [7, 11) is 0. The predicted octanol–water partition coefficient (Wildman–Crippen LogP) is 3.67. The van der Waals surface area contributed by atoms with Gasteiger partial charge in [0, 0.05) is 11.7 Å². The number of rotatable bonds is 4. The molecule has 110 valence electrons. The van der Waals surface area contributed by atoms with Crippen molar-refractivity contribution in [1.82, 2.24) is 5.32 Å². The SMILES string of the molecule is CCCC1CCC(NC(=O)c2c(C)cccc2N)CC1. The summed E-state index contributed by atoms with van der Waals surface area (Å²) in [6, 6.07) is 5.93. The number of amides is 1. The van der Waals surface area contributed by atoms with Gasteiger partial charge in [-0.25, -0.2) is 0 Å². The normalized spacial score (nSPS) is 22.5. The third-order valence-corrected chi connectivity index (χ3v) is 4.41. The van der Waals surface area contributed by atoms with Gasteiger partial charge in [-0.15, -0.1) is 0 Å². The van der Waals surface area contributed by atoms with Crippen LogP contribution < -0.4 is 11.1 Å². The second kappa shape index (κ2) is 6.78. The van der Waals surface area contributed by atoms with Crippen LogP contribution in [0.5, 0.6) is 0 Å². The molecule has 3 N–H and O–H groups in total. The van der Waals surface area contributed by atoms with E-state index in [0.29, 0.717) is 17.3 Å². The maximum absolute atomic E-state index is 12.4. The van der Waals surface area contributed by atoms with Crippen molar-refractivity contribution in [2.75, 3.05) is 5.73 Å². The Labute approximate surface area is 121 Å². The minimum Gasteiger partial charge on any atom is -0.398 e. The molecule has 0 spiro atoms. The maximum Gasteiger partial charge on any atom is 0.253 e. The van der Waals surface area contributed by atoms with Crippen molar-refractivity contribution in [2.45, 2.75) is 58.4 Å². The number of hydrogen-bond acceptors (Lipinski definition) is 2. The Balaban J connectivity index is 1.93. The third-order valence-electron chi connectivity index (χ3n) is 4.41. The zero-order valence-corrected chi connectivity index (χ0v) is 12.6. The monoisotopic (exact) mass is 274 g/mol. The Morgan fingerprint density at radius 1 is 1.30 bits per heavy atom.